The van der Waals surface area contributed by atoms with Crippen LogP contribution in [0, 0.1) is 0 Å². The number of para-hydroxylation sites is 2. The summed E-state index contributed by atoms with van der Waals surface area (Å²) in [6, 6.07) is 88.5. The smallest absolute Gasteiger partial charge is 0.138 e. The Morgan fingerprint density at radius 2 is 0.716 bits per heavy atom. The van der Waals surface area contributed by atoms with Crippen molar-refractivity contribution in [2.45, 2.75) is 0 Å². The van der Waals surface area contributed by atoms with Crippen molar-refractivity contribution in [1.29, 1.82) is 0 Å². The minimum atomic E-state index is 0.883. The molecule has 0 aliphatic rings. The molecule has 0 radical (unpaired) electrons. The van der Waals surface area contributed by atoms with Gasteiger partial charge in [0.05, 0.1) is 28.4 Å². The molecule has 1 aromatic heterocycles. The standard InChI is InChI=1S/C64H40N2O/c1-3-15-42(16-4-1)51-21-9-11-23-55(51)65(49-33-28-41-14-7-8-19-47(41)38-49)57-36-31-45-30-35-54-58(37-32-46-29-34-53(57)61(45)62(46)54)66(56-24-12-10-22-52(56)43-17-5-2-6-18-43)50-39-48-27-26-44-20-13-25-59-63(44)64(48)60(40-50)67-59/h1-40H. The van der Waals surface area contributed by atoms with Crippen LogP contribution < -0.4 is 9.80 Å². The molecule has 3 heteroatoms. The summed E-state index contributed by atoms with van der Waals surface area (Å²) in [5.41, 5.74) is 13.0. The highest BCUT2D eigenvalue weighted by atomic mass is 16.3. The minimum absolute atomic E-state index is 0.883. The molecular formula is C64H40N2O. The third-order valence-corrected chi connectivity index (χ3v) is 13.9. The predicted molar refractivity (Wildman–Crippen MR) is 284 cm³/mol. The van der Waals surface area contributed by atoms with Gasteiger partial charge >= 0.3 is 0 Å². The van der Waals surface area contributed by atoms with Crippen molar-refractivity contribution in [3.8, 4) is 22.3 Å². The summed E-state index contributed by atoms with van der Waals surface area (Å²) in [5.74, 6) is 0. The van der Waals surface area contributed by atoms with Gasteiger partial charge in [0.15, 0.2) is 0 Å². The zero-order valence-electron chi connectivity index (χ0n) is 36.4. The number of rotatable bonds is 8. The van der Waals surface area contributed by atoms with E-state index in [9.17, 15) is 0 Å². The van der Waals surface area contributed by atoms with E-state index in [1.165, 1.54) is 70.4 Å². The van der Waals surface area contributed by atoms with Gasteiger partial charge in [0.1, 0.15) is 11.2 Å². The van der Waals surface area contributed by atoms with Crippen LogP contribution in [0.3, 0.4) is 0 Å². The first-order chi connectivity index (χ1) is 33.2. The van der Waals surface area contributed by atoms with Crippen molar-refractivity contribution < 1.29 is 4.42 Å². The number of hydrogen-bond donors (Lipinski definition) is 0. The lowest BCUT2D eigenvalue weighted by Gasteiger charge is -2.31. The fourth-order valence-corrected chi connectivity index (χ4v) is 10.9. The molecule has 13 aromatic carbocycles. The Hall–Kier alpha value is -8.92. The van der Waals surface area contributed by atoms with Crippen molar-refractivity contribution in [2.24, 2.45) is 0 Å². The lowest BCUT2D eigenvalue weighted by molar-refractivity contribution is 0.669. The second-order valence-corrected chi connectivity index (χ2v) is 17.6. The maximum absolute atomic E-state index is 6.71. The molecule has 0 fully saturated rings. The molecule has 1 heterocycles. The highest BCUT2D eigenvalue weighted by molar-refractivity contribution is 6.29. The Kier molecular flexibility index (Phi) is 8.28. The number of benzene rings is 13. The third-order valence-electron chi connectivity index (χ3n) is 13.9. The summed E-state index contributed by atoms with van der Waals surface area (Å²) < 4.78 is 6.71. The fourth-order valence-electron chi connectivity index (χ4n) is 10.9. The Labute approximate surface area is 387 Å². The van der Waals surface area contributed by atoms with E-state index in [4.69, 9.17) is 4.42 Å². The molecule has 0 unspecified atom stereocenters. The van der Waals surface area contributed by atoms with Crippen LogP contribution in [0.5, 0.6) is 0 Å². The van der Waals surface area contributed by atoms with Gasteiger partial charge in [0, 0.05) is 44.4 Å². The first-order valence-corrected chi connectivity index (χ1v) is 23.0. The summed E-state index contributed by atoms with van der Waals surface area (Å²) in [7, 11) is 0. The van der Waals surface area contributed by atoms with Gasteiger partial charge in [-0.25, -0.2) is 0 Å². The predicted octanol–water partition coefficient (Wildman–Crippen LogP) is 18.5. The van der Waals surface area contributed by atoms with E-state index in [-0.39, 0.29) is 0 Å². The van der Waals surface area contributed by atoms with E-state index in [1.54, 1.807) is 0 Å². The maximum atomic E-state index is 6.71. The van der Waals surface area contributed by atoms with Gasteiger partial charge in [-0.3, -0.25) is 0 Å². The molecule has 0 aliphatic heterocycles. The van der Waals surface area contributed by atoms with E-state index >= 15 is 0 Å². The van der Waals surface area contributed by atoms with Gasteiger partial charge in [-0.1, -0.05) is 188 Å². The van der Waals surface area contributed by atoms with Gasteiger partial charge < -0.3 is 14.2 Å². The summed E-state index contributed by atoms with van der Waals surface area (Å²) in [4.78, 5) is 4.93. The summed E-state index contributed by atoms with van der Waals surface area (Å²) in [5, 5.41) is 14.4. The second kappa shape index (κ2) is 14.8. The Bertz CT molecular complexity index is 4170. The Balaban J connectivity index is 1.04. The number of fused-ring (bicyclic) bond motifs is 1. The molecule has 14 aromatic rings. The zero-order chi connectivity index (χ0) is 44.0. The number of hydrogen-bond acceptors (Lipinski definition) is 3. The molecule has 67 heavy (non-hydrogen) atoms. The average Bonchev–Trinajstić information content (AvgIpc) is 3.78. The number of nitrogens with zero attached hydrogens (tertiary/aromatic N) is 2. The van der Waals surface area contributed by atoms with Crippen molar-refractivity contribution in [3.05, 3.63) is 243 Å². The van der Waals surface area contributed by atoms with Crippen molar-refractivity contribution in [2.75, 3.05) is 9.80 Å². The lowest BCUT2D eigenvalue weighted by atomic mass is 9.91. The van der Waals surface area contributed by atoms with Crippen molar-refractivity contribution in [1.82, 2.24) is 0 Å². The first-order valence-electron chi connectivity index (χ1n) is 23.0. The summed E-state index contributed by atoms with van der Waals surface area (Å²) in [6.07, 6.45) is 0. The monoisotopic (exact) mass is 852 g/mol. The molecule has 0 amide bonds. The normalized spacial score (nSPS) is 11.9. The maximum Gasteiger partial charge on any atom is 0.138 e. The molecule has 0 saturated carbocycles. The van der Waals surface area contributed by atoms with Gasteiger partial charge in [-0.05, 0) is 103 Å². The SMILES string of the molecule is c1ccc(-c2ccccc2N(c2ccc3ccccc3c2)c2ccc3ccc4c(N(c5cc6ccc7cccc8oc(c5)c6c78)c5ccccc5-c5ccccc5)ccc5ccc2c3c54)cc1. The van der Waals surface area contributed by atoms with Gasteiger partial charge in [-0.2, -0.15) is 0 Å². The van der Waals surface area contributed by atoms with Crippen LogP contribution in [-0.2, 0) is 0 Å². The van der Waals surface area contributed by atoms with Crippen LogP contribution >= 0.6 is 0 Å². The lowest BCUT2D eigenvalue weighted by Crippen LogP contribution is -2.13. The van der Waals surface area contributed by atoms with E-state index in [2.05, 4.69) is 252 Å². The first kappa shape index (κ1) is 37.5. The molecule has 0 atom stereocenters. The van der Waals surface area contributed by atoms with Crippen LogP contribution in [0.2, 0.25) is 0 Å². The van der Waals surface area contributed by atoms with E-state index in [0.29, 0.717) is 0 Å². The van der Waals surface area contributed by atoms with E-state index < -0.39 is 0 Å². The van der Waals surface area contributed by atoms with Crippen LogP contribution in [0.15, 0.2) is 247 Å². The Morgan fingerprint density at radius 1 is 0.254 bits per heavy atom. The molecule has 3 nitrogen and oxygen atoms in total. The topological polar surface area (TPSA) is 19.6 Å². The van der Waals surface area contributed by atoms with Gasteiger partial charge in [0.2, 0.25) is 0 Å². The van der Waals surface area contributed by atoms with Gasteiger partial charge in [0.25, 0.3) is 0 Å². The van der Waals surface area contributed by atoms with Gasteiger partial charge in [-0.15, -0.1) is 0 Å². The van der Waals surface area contributed by atoms with E-state index in [0.717, 1.165) is 61.8 Å². The van der Waals surface area contributed by atoms with Crippen LogP contribution in [-0.4, -0.2) is 0 Å². The Morgan fingerprint density at radius 3 is 1.37 bits per heavy atom. The zero-order valence-corrected chi connectivity index (χ0v) is 36.4. The summed E-state index contributed by atoms with van der Waals surface area (Å²) in [6.45, 7) is 0. The molecule has 312 valence electrons. The quantitative estimate of drug-likeness (QED) is 0.142. The average molecular weight is 853 g/mol. The van der Waals surface area contributed by atoms with Crippen molar-refractivity contribution in [3.63, 3.8) is 0 Å². The fraction of sp³-hybridized carbons (Fsp3) is 0. The molecular weight excluding hydrogens is 813 g/mol. The highest BCUT2D eigenvalue weighted by Gasteiger charge is 2.26. The molecule has 0 bridgehead atoms. The molecule has 0 aliphatic carbocycles. The largest absolute Gasteiger partial charge is 0.456 e. The summed E-state index contributed by atoms with van der Waals surface area (Å²) >= 11 is 0. The number of anilines is 6. The molecule has 14 rings (SSSR count). The molecule has 0 spiro atoms. The molecule has 0 saturated heterocycles. The highest BCUT2D eigenvalue weighted by Crippen LogP contribution is 2.51. The number of furan rings is 1. The minimum Gasteiger partial charge on any atom is -0.456 e. The van der Waals surface area contributed by atoms with Crippen molar-refractivity contribution >= 4 is 110 Å². The second-order valence-electron chi connectivity index (χ2n) is 17.6. The van der Waals surface area contributed by atoms with Crippen LogP contribution in [0.4, 0.5) is 34.1 Å². The van der Waals surface area contributed by atoms with Crippen LogP contribution in [0.1, 0.15) is 0 Å². The third kappa shape index (κ3) is 5.85. The molecule has 0 N–H and O–H groups in total. The van der Waals surface area contributed by atoms with Crippen LogP contribution in [0.25, 0.3) is 98.1 Å². The van der Waals surface area contributed by atoms with E-state index in [1.807, 2.05) is 0 Å².